The number of halogens is 2. The molecule has 0 nitrogen and oxygen atoms in total. The van der Waals surface area contributed by atoms with E-state index in [1.165, 1.54) is 202 Å². The van der Waals surface area contributed by atoms with Crippen molar-refractivity contribution in [3.05, 3.63) is 277 Å². The lowest BCUT2D eigenvalue weighted by Crippen LogP contribution is -2.10. The number of hydrogen-bond acceptors (Lipinski definition) is 0. The van der Waals surface area contributed by atoms with Gasteiger partial charge in [0.05, 0.1) is 0 Å². The maximum Gasteiger partial charge on any atom is 0.0189 e. The molecule has 0 amide bonds. The molecule has 0 fully saturated rings. The summed E-state index contributed by atoms with van der Waals surface area (Å²) in [5.74, 6) is 0. The van der Waals surface area contributed by atoms with Gasteiger partial charge in [0.2, 0.25) is 0 Å². The predicted molar refractivity (Wildman–Crippen MR) is 410 cm³/mol. The molecule has 8 rings (SSSR count). The molecule has 0 radical (unpaired) electrons. The van der Waals surface area contributed by atoms with Crippen molar-refractivity contribution in [2.75, 3.05) is 0 Å². The second-order valence-corrected chi connectivity index (χ2v) is 28.4. The summed E-state index contributed by atoms with van der Waals surface area (Å²) < 4.78 is 2.24. The molecule has 0 aromatic heterocycles. The van der Waals surface area contributed by atoms with Crippen LogP contribution in [-0.4, -0.2) is 0 Å². The standard InChI is InChI=1S/C19H32.C13H20.C11H16.2C10H14.C9H12.C8H10.C7H6Br2/c1-4-6-8-10-12-18-14-17(3)15-19(16-18)13-11-9-7-5-2;1-3-4-5-6-7-13-10-8-12(2)9-11-13;1-9-5-7-10(8-6-9)11(2,3)4;2*1-7-5-8(2)10(4)9(3)6-7;1-7-4-5-8(2)9(3)6-7;1-7-3-5-8(2)6-4-7;1-5-2-6(8)4-7(9)3-5/h14-16H,4-13H2,1-3H3;8-11H,3-7H2,1-2H3;5-8H,1-4H3;2*5-6H,1-4H3;4-6H,1-3H3;3-6H,1-2H3;2-4H,1H3. The summed E-state index contributed by atoms with van der Waals surface area (Å²) in [5.41, 5.74) is 29.6. The first-order chi connectivity index (χ1) is 42.0. The van der Waals surface area contributed by atoms with Crippen LogP contribution in [0, 0.1) is 118 Å². The molecule has 0 spiro atoms. The van der Waals surface area contributed by atoms with Crippen LogP contribution in [0.3, 0.4) is 0 Å². The monoisotopic (exact) mass is 1330 g/mol. The first-order valence-electron chi connectivity index (χ1n) is 33.8. The zero-order valence-corrected chi connectivity index (χ0v) is 64.0. The highest BCUT2D eigenvalue weighted by Crippen LogP contribution is 2.23. The topological polar surface area (TPSA) is 0 Å². The van der Waals surface area contributed by atoms with Crippen LogP contribution >= 0.6 is 31.9 Å². The first kappa shape index (κ1) is 81.7. The van der Waals surface area contributed by atoms with E-state index in [4.69, 9.17) is 0 Å². The molecule has 8 aromatic rings. The second kappa shape index (κ2) is 45.9. The third kappa shape index (κ3) is 38.9. The van der Waals surface area contributed by atoms with Crippen LogP contribution in [0.1, 0.15) is 235 Å². The molecule has 0 aliphatic carbocycles. The average Bonchev–Trinajstić information content (AvgIpc) is 3.58. The summed E-state index contributed by atoms with van der Waals surface area (Å²) in [5, 5.41) is 0. The normalized spacial score (nSPS) is 10.3. The van der Waals surface area contributed by atoms with Gasteiger partial charge in [-0.05, 0) is 252 Å². The quantitative estimate of drug-likeness (QED) is 0.0898. The van der Waals surface area contributed by atoms with Gasteiger partial charge in [-0.2, -0.15) is 0 Å². The van der Waals surface area contributed by atoms with Gasteiger partial charge in [0.15, 0.2) is 0 Å². The van der Waals surface area contributed by atoms with Crippen molar-refractivity contribution < 1.29 is 0 Å². The minimum absolute atomic E-state index is 0.285. The van der Waals surface area contributed by atoms with Gasteiger partial charge in [0.1, 0.15) is 0 Å². The lowest BCUT2D eigenvalue weighted by Gasteiger charge is -2.18. The van der Waals surface area contributed by atoms with Crippen LogP contribution in [0.5, 0.6) is 0 Å². The fraction of sp³-hybridized carbons (Fsp3) is 0.448. The van der Waals surface area contributed by atoms with E-state index >= 15 is 0 Å². The molecule has 8 aromatic carbocycles. The van der Waals surface area contributed by atoms with Crippen LogP contribution in [0.25, 0.3) is 0 Å². The Labute approximate surface area is 566 Å². The summed E-state index contributed by atoms with van der Waals surface area (Å²) in [4.78, 5) is 0. The Balaban J connectivity index is 0.000000516. The van der Waals surface area contributed by atoms with Crippen molar-refractivity contribution in [3.8, 4) is 0 Å². The molecule has 0 unspecified atom stereocenters. The van der Waals surface area contributed by atoms with Crippen LogP contribution in [0.15, 0.2) is 161 Å². The summed E-state index contributed by atoms with van der Waals surface area (Å²) in [6.45, 7) is 49.9. The fourth-order valence-corrected chi connectivity index (χ4v) is 11.6. The summed E-state index contributed by atoms with van der Waals surface area (Å²) in [6, 6.07) is 54.9. The molecule has 0 atom stereocenters. The Morgan fingerprint density at radius 1 is 0.247 bits per heavy atom. The van der Waals surface area contributed by atoms with E-state index in [1.54, 1.807) is 11.1 Å². The molecule has 0 heterocycles. The van der Waals surface area contributed by atoms with Gasteiger partial charge in [0, 0.05) is 8.95 Å². The van der Waals surface area contributed by atoms with E-state index in [0.717, 1.165) is 8.95 Å². The molecule has 0 N–H and O–H groups in total. The largest absolute Gasteiger partial charge is 0.0654 e. The number of aryl methyl sites for hydroxylation is 18. The lowest BCUT2D eigenvalue weighted by atomic mass is 9.87. The average molecular weight is 1330 g/mol. The van der Waals surface area contributed by atoms with Gasteiger partial charge in [0.25, 0.3) is 0 Å². The minimum Gasteiger partial charge on any atom is -0.0654 e. The molecule has 89 heavy (non-hydrogen) atoms. The van der Waals surface area contributed by atoms with E-state index in [1.807, 2.05) is 6.07 Å². The highest BCUT2D eigenvalue weighted by Gasteiger charge is 2.12. The predicted octanol–water partition coefficient (Wildman–Crippen LogP) is 27.9. The van der Waals surface area contributed by atoms with Crippen molar-refractivity contribution in [1.29, 1.82) is 0 Å². The lowest BCUT2D eigenvalue weighted by molar-refractivity contribution is 0.590. The van der Waals surface area contributed by atoms with Gasteiger partial charge in [-0.15, -0.1) is 0 Å². The van der Waals surface area contributed by atoms with Crippen molar-refractivity contribution in [2.24, 2.45) is 0 Å². The number of benzene rings is 8. The Morgan fingerprint density at radius 3 is 0.854 bits per heavy atom. The van der Waals surface area contributed by atoms with Crippen molar-refractivity contribution >= 4 is 31.9 Å². The number of unbranched alkanes of at least 4 members (excludes halogenated alkanes) is 9. The van der Waals surface area contributed by atoms with E-state index in [0.29, 0.717) is 0 Å². The number of rotatable bonds is 15. The third-order valence-electron chi connectivity index (χ3n) is 16.2. The molecular weight excluding hydrogens is 1200 g/mol. The Morgan fingerprint density at radius 2 is 0.539 bits per heavy atom. The zero-order valence-electron chi connectivity index (χ0n) is 60.8. The van der Waals surface area contributed by atoms with Crippen LogP contribution in [-0.2, 0) is 24.7 Å². The highest BCUT2D eigenvalue weighted by atomic mass is 79.9. The van der Waals surface area contributed by atoms with Crippen LogP contribution in [0.2, 0.25) is 0 Å². The van der Waals surface area contributed by atoms with Crippen molar-refractivity contribution in [1.82, 2.24) is 0 Å². The van der Waals surface area contributed by atoms with Crippen molar-refractivity contribution in [2.45, 2.75) is 261 Å². The van der Waals surface area contributed by atoms with E-state index in [-0.39, 0.29) is 5.41 Å². The van der Waals surface area contributed by atoms with E-state index < -0.39 is 0 Å². The van der Waals surface area contributed by atoms with Gasteiger partial charge >= 0.3 is 0 Å². The van der Waals surface area contributed by atoms with E-state index in [2.05, 4.69) is 337 Å². The first-order valence-corrected chi connectivity index (χ1v) is 35.4. The third-order valence-corrected chi connectivity index (χ3v) is 17.1. The van der Waals surface area contributed by atoms with Crippen LogP contribution in [0.4, 0.5) is 0 Å². The van der Waals surface area contributed by atoms with Gasteiger partial charge < -0.3 is 0 Å². The molecule has 0 bridgehead atoms. The summed E-state index contributed by atoms with van der Waals surface area (Å²) in [6.07, 6.45) is 20.1. The Hall–Kier alpha value is -5.28. The summed E-state index contributed by atoms with van der Waals surface area (Å²) in [7, 11) is 0. The molecule has 0 saturated carbocycles. The highest BCUT2D eigenvalue weighted by molar-refractivity contribution is 9.11. The van der Waals surface area contributed by atoms with Gasteiger partial charge in [-0.3, -0.25) is 0 Å². The minimum atomic E-state index is 0.285. The zero-order chi connectivity index (χ0) is 67.1. The smallest absolute Gasteiger partial charge is 0.0189 e. The molecule has 0 saturated heterocycles. The number of hydrogen-bond donors (Lipinski definition) is 0. The fourth-order valence-electron chi connectivity index (χ4n) is 10.0. The Kier molecular flexibility index (Phi) is 42.1. The molecule has 2 heteroatoms. The van der Waals surface area contributed by atoms with Gasteiger partial charge in [-0.25, -0.2) is 0 Å². The molecule has 0 aliphatic rings. The second-order valence-electron chi connectivity index (χ2n) is 26.6. The molecule has 486 valence electrons. The maximum absolute atomic E-state index is 3.38. The maximum atomic E-state index is 3.38. The van der Waals surface area contributed by atoms with Crippen molar-refractivity contribution in [3.63, 3.8) is 0 Å². The van der Waals surface area contributed by atoms with Crippen LogP contribution < -0.4 is 0 Å². The SMILES string of the molecule is CCCCCCc1cc(C)cc(CCCCCC)c1.CCCCCCc1ccc(C)cc1.Cc1cc(Br)cc(Br)c1.Cc1cc(C)c(C)c(C)c1.Cc1cc(C)c(C)c(C)c1.Cc1ccc(C(C)(C)C)cc1.Cc1ccc(C)c(C)c1.Cc1ccc(C)cc1. The Bertz CT molecular complexity index is 2960. The molecular formula is C87H124Br2. The summed E-state index contributed by atoms with van der Waals surface area (Å²) >= 11 is 6.77. The van der Waals surface area contributed by atoms with Gasteiger partial charge in [-0.1, -0.05) is 309 Å². The molecule has 0 aliphatic heterocycles. The van der Waals surface area contributed by atoms with E-state index in [9.17, 15) is 0 Å².